The Morgan fingerprint density at radius 1 is 0.950 bits per heavy atom. The standard InChI is InChI=1S/C32H40F4N2O2/c33-27-9-7-26(8-10-27)32(35,36)14-11-22-12-15-37(16-13-22)19-25-20-38(30(31(39)40)17-23-3-1-4-23)21-29(25)24-5-2-6-28(34)18-24/h2,5-10,18,22-23,25,29-30H,1,3-4,11-17,19-21H2,(H,39,40)/t25?,29?,30-/m1/s1. The number of carboxylic acid groups (broad SMARTS) is 1. The molecule has 40 heavy (non-hydrogen) atoms. The van der Waals surface area contributed by atoms with E-state index in [1.807, 2.05) is 6.07 Å². The fourth-order valence-corrected chi connectivity index (χ4v) is 6.92. The second kappa shape index (κ2) is 12.6. The number of carboxylic acids is 1. The molecule has 1 N–H and O–H groups in total. The Kier molecular flexibility index (Phi) is 9.15. The molecule has 2 aromatic rings. The highest BCUT2D eigenvalue weighted by atomic mass is 19.3. The number of hydrogen-bond acceptors (Lipinski definition) is 3. The van der Waals surface area contributed by atoms with Crippen molar-refractivity contribution in [3.05, 3.63) is 71.3 Å². The summed E-state index contributed by atoms with van der Waals surface area (Å²) in [7, 11) is 0. The fourth-order valence-electron chi connectivity index (χ4n) is 6.92. The van der Waals surface area contributed by atoms with Crippen LogP contribution in [0.15, 0.2) is 48.5 Å². The Balaban J connectivity index is 1.18. The maximum Gasteiger partial charge on any atom is 0.320 e. The number of nitrogens with zero attached hydrogens (tertiary/aromatic N) is 2. The van der Waals surface area contributed by atoms with Crippen LogP contribution in [0.3, 0.4) is 0 Å². The van der Waals surface area contributed by atoms with Crippen LogP contribution >= 0.6 is 0 Å². The Labute approximate surface area is 234 Å². The quantitative estimate of drug-likeness (QED) is 0.304. The smallest absolute Gasteiger partial charge is 0.320 e. The number of rotatable bonds is 11. The van der Waals surface area contributed by atoms with Crippen molar-refractivity contribution < 1.29 is 27.5 Å². The average molecular weight is 561 g/mol. The molecular formula is C32H40F4N2O2. The van der Waals surface area contributed by atoms with Crippen LogP contribution in [0.25, 0.3) is 0 Å². The van der Waals surface area contributed by atoms with Crippen molar-refractivity contribution in [3.63, 3.8) is 0 Å². The van der Waals surface area contributed by atoms with Crippen LogP contribution in [0.5, 0.6) is 0 Å². The largest absolute Gasteiger partial charge is 0.480 e. The molecule has 2 aliphatic heterocycles. The van der Waals surface area contributed by atoms with Crippen molar-refractivity contribution in [3.8, 4) is 0 Å². The van der Waals surface area contributed by atoms with Crippen LogP contribution in [-0.4, -0.2) is 59.6 Å². The van der Waals surface area contributed by atoms with E-state index in [2.05, 4.69) is 9.80 Å². The predicted octanol–water partition coefficient (Wildman–Crippen LogP) is 6.91. The molecule has 3 atom stereocenters. The van der Waals surface area contributed by atoms with Gasteiger partial charge in [0.15, 0.2) is 0 Å². The summed E-state index contributed by atoms with van der Waals surface area (Å²) in [6.07, 6.45) is 5.87. The lowest BCUT2D eigenvalue weighted by atomic mass is 9.80. The van der Waals surface area contributed by atoms with E-state index in [9.17, 15) is 27.5 Å². The van der Waals surface area contributed by atoms with Gasteiger partial charge >= 0.3 is 5.97 Å². The van der Waals surface area contributed by atoms with Gasteiger partial charge in [0.25, 0.3) is 5.92 Å². The number of hydrogen-bond donors (Lipinski definition) is 1. The first kappa shape index (κ1) is 29.1. The number of carbonyl (C=O) groups is 1. The van der Waals surface area contributed by atoms with Crippen LogP contribution < -0.4 is 0 Å². The van der Waals surface area contributed by atoms with E-state index in [0.717, 1.165) is 63.0 Å². The number of likely N-dealkylation sites (tertiary alicyclic amines) is 2. The summed E-state index contributed by atoms with van der Waals surface area (Å²) >= 11 is 0. The third kappa shape index (κ3) is 7.06. The van der Waals surface area contributed by atoms with Gasteiger partial charge in [-0.25, -0.2) is 17.6 Å². The van der Waals surface area contributed by atoms with Crippen LogP contribution in [0.1, 0.15) is 68.4 Å². The Morgan fingerprint density at radius 3 is 2.30 bits per heavy atom. The molecule has 0 bridgehead atoms. The molecule has 3 fully saturated rings. The molecular weight excluding hydrogens is 520 g/mol. The monoisotopic (exact) mass is 560 g/mol. The molecule has 2 saturated heterocycles. The highest BCUT2D eigenvalue weighted by Crippen LogP contribution is 2.39. The van der Waals surface area contributed by atoms with Gasteiger partial charge in [0, 0.05) is 37.5 Å². The van der Waals surface area contributed by atoms with E-state index < -0.39 is 23.8 Å². The lowest BCUT2D eigenvalue weighted by molar-refractivity contribution is -0.144. The number of halogens is 4. The molecule has 218 valence electrons. The molecule has 2 unspecified atom stereocenters. The van der Waals surface area contributed by atoms with Gasteiger partial charge in [0.2, 0.25) is 0 Å². The highest BCUT2D eigenvalue weighted by Gasteiger charge is 2.42. The van der Waals surface area contributed by atoms with Gasteiger partial charge in [0.1, 0.15) is 17.7 Å². The third-order valence-electron chi connectivity index (χ3n) is 9.59. The van der Waals surface area contributed by atoms with Crippen LogP contribution in [0.2, 0.25) is 0 Å². The highest BCUT2D eigenvalue weighted by molar-refractivity contribution is 5.73. The maximum atomic E-state index is 14.7. The molecule has 1 aliphatic carbocycles. The normalized spacial score (nSPS) is 24.2. The van der Waals surface area contributed by atoms with E-state index in [1.54, 1.807) is 12.1 Å². The zero-order valence-corrected chi connectivity index (χ0v) is 23.0. The summed E-state index contributed by atoms with van der Waals surface area (Å²) in [5.41, 5.74) is 0.774. The molecule has 8 heteroatoms. The van der Waals surface area contributed by atoms with Gasteiger partial charge < -0.3 is 10.0 Å². The second-order valence-electron chi connectivity index (χ2n) is 12.3. The van der Waals surface area contributed by atoms with Crippen LogP contribution in [0, 0.1) is 29.4 Å². The minimum absolute atomic E-state index is 0.0473. The third-order valence-corrected chi connectivity index (χ3v) is 9.59. The SMILES string of the molecule is O=C(O)[C@@H](CC1CCC1)N1CC(CN2CCC(CCC(F)(F)c3ccc(F)cc3)CC2)C(c2cccc(F)c2)C1. The Hall–Kier alpha value is -2.45. The van der Waals surface area contributed by atoms with Gasteiger partial charge in [-0.05, 0) is 86.4 Å². The number of aliphatic carboxylic acids is 1. The van der Waals surface area contributed by atoms with Crippen molar-refractivity contribution >= 4 is 5.97 Å². The van der Waals surface area contributed by atoms with Gasteiger partial charge in [-0.2, -0.15) is 0 Å². The molecule has 0 spiro atoms. The summed E-state index contributed by atoms with van der Waals surface area (Å²) in [6.45, 7) is 3.67. The van der Waals surface area contributed by atoms with Crippen molar-refractivity contribution in [1.29, 1.82) is 0 Å². The molecule has 2 aromatic carbocycles. The second-order valence-corrected chi connectivity index (χ2v) is 12.3. The van der Waals surface area contributed by atoms with Crippen molar-refractivity contribution in [1.82, 2.24) is 9.80 Å². The van der Waals surface area contributed by atoms with E-state index in [0.29, 0.717) is 31.8 Å². The maximum absolute atomic E-state index is 14.7. The van der Waals surface area contributed by atoms with Crippen molar-refractivity contribution in [2.24, 2.45) is 17.8 Å². The summed E-state index contributed by atoms with van der Waals surface area (Å²) < 4.78 is 56.7. The first-order valence-corrected chi connectivity index (χ1v) is 14.8. The minimum atomic E-state index is -2.98. The zero-order valence-electron chi connectivity index (χ0n) is 23.0. The number of benzene rings is 2. The molecule has 0 amide bonds. The summed E-state index contributed by atoms with van der Waals surface area (Å²) in [4.78, 5) is 16.7. The van der Waals surface area contributed by atoms with Gasteiger partial charge in [-0.15, -0.1) is 0 Å². The average Bonchev–Trinajstić information content (AvgIpc) is 3.31. The van der Waals surface area contributed by atoms with Gasteiger partial charge in [0.05, 0.1) is 0 Å². The van der Waals surface area contributed by atoms with Crippen LogP contribution in [0.4, 0.5) is 17.6 Å². The van der Waals surface area contributed by atoms with Gasteiger partial charge in [-0.1, -0.05) is 43.5 Å². The Bertz CT molecular complexity index is 1130. The molecule has 5 rings (SSSR count). The van der Waals surface area contributed by atoms with Crippen LogP contribution in [-0.2, 0) is 10.7 Å². The molecule has 3 aliphatic rings. The van der Waals surface area contributed by atoms with E-state index in [4.69, 9.17) is 0 Å². The van der Waals surface area contributed by atoms with Gasteiger partial charge in [-0.3, -0.25) is 9.69 Å². The topological polar surface area (TPSA) is 43.8 Å². The molecule has 0 radical (unpaired) electrons. The zero-order chi connectivity index (χ0) is 28.3. The van der Waals surface area contributed by atoms with E-state index in [-0.39, 0.29) is 35.6 Å². The number of piperidine rings is 1. The molecule has 2 heterocycles. The summed E-state index contributed by atoms with van der Waals surface area (Å²) in [5.74, 6) is -3.65. The summed E-state index contributed by atoms with van der Waals surface area (Å²) in [6, 6.07) is 10.7. The predicted molar refractivity (Wildman–Crippen MR) is 146 cm³/mol. The van der Waals surface area contributed by atoms with E-state index in [1.165, 1.54) is 24.6 Å². The molecule has 1 saturated carbocycles. The Morgan fingerprint density at radius 2 is 1.68 bits per heavy atom. The van der Waals surface area contributed by atoms with E-state index >= 15 is 0 Å². The minimum Gasteiger partial charge on any atom is -0.480 e. The first-order valence-electron chi connectivity index (χ1n) is 14.8. The first-order chi connectivity index (χ1) is 19.2. The molecule has 0 aromatic heterocycles. The summed E-state index contributed by atoms with van der Waals surface area (Å²) in [5, 5.41) is 10.1. The fraction of sp³-hybridized carbons (Fsp3) is 0.594. The number of alkyl halides is 2. The van der Waals surface area contributed by atoms with Crippen molar-refractivity contribution in [2.45, 2.75) is 69.2 Å². The lowest BCUT2D eigenvalue weighted by Gasteiger charge is -2.35. The lowest BCUT2D eigenvalue weighted by Crippen LogP contribution is -2.43. The molecule has 4 nitrogen and oxygen atoms in total. The van der Waals surface area contributed by atoms with Crippen molar-refractivity contribution in [2.75, 3.05) is 32.7 Å².